The number of pyridine rings is 1. The van der Waals surface area contributed by atoms with Gasteiger partial charge in [-0.25, -0.2) is 4.39 Å². The number of aryl methyl sites for hydroxylation is 1. The van der Waals surface area contributed by atoms with E-state index in [1.165, 1.54) is 12.1 Å². The Morgan fingerprint density at radius 2 is 1.67 bits per heavy atom. The number of halogens is 2. The molecule has 2 rings (SSSR count). The predicted octanol–water partition coefficient (Wildman–Crippen LogP) is 3.77. The molecule has 0 amide bonds. The lowest BCUT2D eigenvalue weighted by molar-refractivity contribution is 0.628. The first-order chi connectivity index (χ1) is 6.75. The minimum absolute atomic E-state index is 0. The van der Waals surface area contributed by atoms with Gasteiger partial charge in [-0.1, -0.05) is 12.1 Å². The summed E-state index contributed by atoms with van der Waals surface area (Å²) >= 11 is 0. The van der Waals surface area contributed by atoms with Crippen LogP contribution in [0.1, 0.15) is 5.69 Å². The van der Waals surface area contributed by atoms with E-state index in [4.69, 9.17) is 0 Å². The molecular formula is C12H11BrFN. The molecule has 0 atom stereocenters. The summed E-state index contributed by atoms with van der Waals surface area (Å²) in [6.45, 7) is 1.94. The maximum absolute atomic E-state index is 12.7. The van der Waals surface area contributed by atoms with Gasteiger partial charge >= 0.3 is 0 Å². The Hall–Kier alpha value is -1.22. The normalized spacial score (nSPS) is 9.47. The number of benzene rings is 1. The Labute approximate surface area is 98.8 Å². The molecule has 0 spiro atoms. The number of nitrogens with zero attached hydrogens (tertiary/aromatic N) is 1. The lowest BCUT2D eigenvalue weighted by atomic mass is 10.1. The molecule has 0 N–H and O–H groups in total. The van der Waals surface area contributed by atoms with E-state index in [1.807, 2.05) is 19.1 Å². The van der Waals surface area contributed by atoms with Crippen LogP contribution >= 0.6 is 17.0 Å². The first-order valence-electron chi connectivity index (χ1n) is 4.44. The van der Waals surface area contributed by atoms with Crippen molar-refractivity contribution in [3.05, 3.63) is 54.1 Å². The molecule has 0 bridgehead atoms. The second kappa shape index (κ2) is 5.03. The first-order valence-corrected chi connectivity index (χ1v) is 4.44. The number of hydrogen-bond donors (Lipinski definition) is 0. The van der Waals surface area contributed by atoms with E-state index in [-0.39, 0.29) is 22.8 Å². The number of rotatable bonds is 1. The Kier molecular flexibility index (Phi) is 3.97. The van der Waals surface area contributed by atoms with E-state index >= 15 is 0 Å². The molecule has 78 valence electrons. The van der Waals surface area contributed by atoms with Crippen LogP contribution in [0.15, 0.2) is 42.6 Å². The van der Waals surface area contributed by atoms with Crippen LogP contribution in [0, 0.1) is 12.7 Å². The van der Waals surface area contributed by atoms with Crippen LogP contribution in [-0.2, 0) is 0 Å². The summed E-state index contributed by atoms with van der Waals surface area (Å²) in [6, 6.07) is 10.4. The van der Waals surface area contributed by atoms with Crippen LogP contribution in [0.3, 0.4) is 0 Å². The fourth-order valence-electron chi connectivity index (χ4n) is 1.37. The predicted molar refractivity (Wildman–Crippen MR) is 64.7 cm³/mol. The fraction of sp³-hybridized carbons (Fsp3) is 0.0833. The van der Waals surface area contributed by atoms with Crippen molar-refractivity contribution in [1.82, 2.24) is 4.98 Å². The van der Waals surface area contributed by atoms with Gasteiger partial charge in [0.2, 0.25) is 0 Å². The highest BCUT2D eigenvalue weighted by Crippen LogP contribution is 2.19. The lowest BCUT2D eigenvalue weighted by Gasteiger charge is -2.01. The van der Waals surface area contributed by atoms with Crippen molar-refractivity contribution in [2.45, 2.75) is 6.92 Å². The zero-order chi connectivity index (χ0) is 9.97. The highest BCUT2D eigenvalue weighted by molar-refractivity contribution is 8.93. The maximum atomic E-state index is 12.7. The Balaban J connectivity index is 0.00000112. The van der Waals surface area contributed by atoms with Gasteiger partial charge in [-0.15, -0.1) is 17.0 Å². The van der Waals surface area contributed by atoms with Crippen LogP contribution in [-0.4, -0.2) is 4.98 Å². The van der Waals surface area contributed by atoms with E-state index < -0.39 is 0 Å². The molecule has 15 heavy (non-hydrogen) atoms. The molecule has 0 saturated carbocycles. The van der Waals surface area contributed by atoms with Gasteiger partial charge < -0.3 is 0 Å². The standard InChI is InChI=1S/C12H10FN.BrH/c1-9-8-11(6-7-14-9)10-2-4-12(13)5-3-10;/h2-8H,1H3;1H. The molecule has 2 aromatic rings. The summed E-state index contributed by atoms with van der Waals surface area (Å²) in [5.74, 6) is -0.209. The van der Waals surface area contributed by atoms with Gasteiger partial charge in [0.15, 0.2) is 0 Å². The minimum atomic E-state index is -0.209. The van der Waals surface area contributed by atoms with Crippen LogP contribution < -0.4 is 0 Å². The van der Waals surface area contributed by atoms with Crippen molar-refractivity contribution < 1.29 is 4.39 Å². The third-order valence-corrected chi connectivity index (χ3v) is 2.07. The van der Waals surface area contributed by atoms with Gasteiger partial charge in [0.05, 0.1) is 0 Å². The van der Waals surface area contributed by atoms with Crippen molar-refractivity contribution in [1.29, 1.82) is 0 Å². The summed E-state index contributed by atoms with van der Waals surface area (Å²) in [5.41, 5.74) is 3.04. The van der Waals surface area contributed by atoms with Crippen LogP contribution in [0.25, 0.3) is 11.1 Å². The third kappa shape index (κ3) is 2.86. The van der Waals surface area contributed by atoms with Crippen molar-refractivity contribution >= 4 is 17.0 Å². The molecular weight excluding hydrogens is 257 g/mol. The third-order valence-electron chi connectivity index (χ3n) is 2.07. The second-order valence-corrected chi connectivity index (χ2v) is 3.19. The van der Waals surface area contributed by atoms with E-state index in [0.717, 1.165) is 16.8 Å². The van der Waals surface area contributed by atoms with Crippen LogP contribution in [0.5, 0.6) is 0 Å². The molecule has 1 aromatic carbocycles. The van der Waals surface area contributed by atoms with Gasteiger partial charge in [-0.2, -0.15) is 0 Å². The van der Waals surface area contributed by atoms with E-state index in [9.17, 15) is 4.39 Å². The van der Waals surface area contributed by atoms with E-state index in [2.05, 4.69) is 4.98 Å². The summed E-state index contributed by atoms with van der Waals surface area (Å²) < 4.78 is 12.7. The fourth-order valence-corrected chi connectivity index (χ4v) is 1.37. The van der Waals surface area contributed by atoms with Gasteiger partial charge in [-0.05, 0) is 42.3 Å². The highest BCUT2D eigenvalue weighted by atomic mass is 79.9. The lowest BCUT2D eigenvalue weighted by Crippen LogP contribution is -1.83. The van der Waals surface area contributed by atoms with E-state index in [0.29, 0.717) is 0 Å². The summed E-state index contributed by atoms with van der Waals surface area (Å²) in [4.78, 5) is 4.11. The van der Waals surface area contributed by atoms with Gasteiger partial charge in [0, 0.05) is 11.9 Å². The van der Waals surface area contributed by atoms with Crippen molar-refractivity contribution in [2.75, 3.05) is 0 Å². The topological polar surface area (TPSA) is 12.9 Å². The summed E-state index contributed by atoms with van der Waals surface area (Å²) in [6.07, 6.45) is 1.76. The molecule has 0 unspecified atom stereocenters. The van der Waals surface area contributed by atoms with Crippen LogP contribution in [0.4, 0.5) is 4.39 Å². The average molecular weight is 268 g/mol. The summed E-state index contributed by atoms with van der Waals surface area (Å²) in [5, 5.41) is 0. The number of hydrogen-bond acceptors (Lipinski definition) is 1. The van der Waals surface area contributed by atoms with Gasteiger partial charge in [0.25, 0.3) is 0 Å². The minimum Gasteiger partial charge on any atom is -0.262 e. The van der Waals surface area contributed by atoms with E-state index in [1.54, 1.807) is 18.3 Å². The number of aromatic nitrogens is 1. The Bertz CT molecular complexity index is 440. The quantitative estimate of drug-likeness (QED) is 0.767. The van der Waals surface area contributed by atoms with Crippen LogP contribution in [0.2, 0.25) is 0 Å². The molecule has 0 saturated heterocycles. The zero-order valence-corrected chi connectivity index (χ0v) is 9.99. The Morgan fingerprint density at radius 3 is 2.27 bits per heavy atom. The SMILES string of the molecule is Br.Cc1cc(-c2ccc(F)cc2)ccn1. The first kappa shape index (κ1) is 11.9. The zero-order valence-electron chi connectivity index (χ0n) is 8.27. The maximum Gasteiger partial charge on any atom is 0.123 e. The Morgan fingerprint density at radius 1 is 1.00 bits per heavy atom. The molecule has 0 aliphatic rings. The van der Waals surface area contributed by atoms with Gasteiger partial charge in [-0.3, -0.25) is 4.98 Å². The molecule has 0 radical (unpaired) electrons. The summed E-state index contributed by atoms with van der Waals surface area (Å²) in [7, 11) is 0. The highest BCUT2D eigenvalue weighted by Gasteiger charge is 1.97. The van der Waals surface area contributed by atoms with Crippen molar-refractivity contribution in [2.24, 2.45) is 0 Å². The molecule has 0 aliphatic carbocycles. The molecule has 1 aromatic heterocycles. The monoisotopic (exact) mass is 267 g/mol. The largest absolute Gasteiger partial charge is 0.262 e. The molecule has 3 heteroatoms. The molecule has 0 aliphatic heterocycles. The van der Waals surface area contributed by atoms with Gasteiger partial charge in [0.1, 0.15) is 5.82 Å². The smallest absolute Gasteiger partial charge is 0.123 e. The molecule has 1 heterocycles. The van der Waals surface area contributed by atoms with Crippen molar-refractivity contribution in [3.8, 4) is 11.1 Å². The second-order valence-electron chi connectivity index (χ2n) is 3.19. The molecule has 0 fully saturated rings. The van der Waals surface area contributed by atoms with Crippen molar-refractivity contribution in [3.63, 3.8) is 0 Å². The average Bonchev–Trinajstić information content (AvgIpc) is 2.19. The molecule has 1 nitrogen and oxygen atoms in total.